The molecule has 0 aliphatic carbocycles. The maximum absolute atomic E-state index is 10.4. The molecule has 14 heavy (non-hydrogen) atoms. The van der Waals surface area contributed by atoms with Crippen LogP contribution in [0.25, 0.3) is 0 Å². The summed E-state index contributed by atoms with van der Waals surface area (Å²) in [6, 6.07) is 0. The second-order valence-electron chi connectivity index (χ2n) is 2.39. The molecule has 10 heteroatoms. The number of aliphatic hydroxyl groups is 1. The van der Waals surface area contributed by atoms with Gasteiger partial charge in [-0.25, -0.2) is 0 Å². The van der Waals surface area contributed by atoms with Gasteiger partial charge in [-0.05, 0) is 4.92 Å². The maximum atomic E-state index is 10.4. The van der Waals surface area contributed by atoms with Crippen molar-refractivity contribution in [2.45, 2.75) is 11.4 Å². The molecule has 2 rings (SSSR count). The summed E-state index contributed by atoms with van der Waals surface area (Å²) < 4.78 is 0.924. The molecule has 0 amide bonds. The van der Waals surface area contributed by atoms with Crippen molar-refractivity contribution in [1.29, 1.82) is 0 Å². The van der Waals surface area contributed by atoms with Gasteiger partial charge in [0, 0.05) is 0 Å². The van der Waals surface area contributed by atoms with Crippen molar-refractivity contribution in [3.63, 3.8) is 0 Å². The lowest BCUT2D eigenvalue weighted by atomic mass is 10.5. The Morgan fingerprint density at radius 2 is 2.43 bits per heavy atom. The summed E-state index contributed by atoms with van der Waals surface area (Å²) in [5.41, 5.74) is 2.27. The zero-order chi connectivity index (χ0) is 10.3. The maximum Gasteiger partial charge on any atom is 0.415 e. The van der Waals surface area contributed by atoms with E-state index in [4.69, 9.17) is 0 Å². The highest BCUT2D eigenvalue weighted by atomic mass is 32.1. The van der Waals surface area contributed by atoms with Crippen molar-refractivity contribution < 1.29 is 10.0 Å². The second kappa shape index (κ2) is 2.92. The lowest BCUT2D eigenvalue weighted by Crippen LogP contribution is -2.32. The molecule has 2 heterocycles. The number of nitro groups is 1. The van der Waals surface area contributed by atoms with Crippen LogP contribution in [0.4, 0.5) is 5.95 Å². The Hall–Kier alpha value is -1.68. The zero-order valence-corrected chi connectivity index (χ0v) is 7.42. The van der Waals surface area contributed by atoms with Crippen molar-refractivity contribution >= 4 is 24.4 Å². The van der Waals surface area contributed by atoms with E-state index in [1.165, 1.54) is 0 Å². The van der Waals surface area contributed by atoms with Gasteiger partial charge in [-0.15, -0.1) is 23.2 Å². The Kier molecular flexibility index (Phi) is 1.86. The molecule has 1 aliphatic rings. The van der Waals surface area contributed by atoms with Crippen molar-refractivity contribution in [3.8, 4) is 0 Å². The summed E-state index contributed by atoms with van der Waals surface area (Å²) in [6.07, 6.45) is -1.55. The molecule has 1 aromatic heterocycles. The lowest BCUT2D eigenvalue weighted by Gasteiger charge is -2.12. The van der Waals surface area contributed by atoms with Gasteiger partial charge >= 0.3 is 5.84 Å². The van der Waals surface area contributed by atoms with Crippen LogP contribution < -0.4 is 5.43 Å². The predicted molar refractivity (Wildman–Crippen MR) is 46.6 cm³/mol. The van der Waals surface area contributed by atoms with Gasteiger partial charge < -0.3 is 15.2 Å². The van der Waals surface area contributed by atoms with E-state index in [1.807, 2.05) is 0 Å². The van der Waals surface area contributed by atoms with Crippen LogP contribution in [0.2, 0.25) is 0 Å². The molecule has 1 aliphatic heterocycles. The summed E-state index contributed by atoms with van der Waals surface area (Å²) in [6.45, 7) is 0. The number of aromatic nitrogens is 3. The zero-order valence-electron chi connectivity index (χ0n) is 6.52. The molecular formula is C4H4N6O3S. The quantitative estimate of drug-likeness (QED) is 0.293. The van der Waals surface area contributed by atoms with Crippen LogP contribution in [0.1, 0.15) is 6.23 Å². The van der Waals surface area contributed by atoms with E-state index in [9.17, 15) is 15.2 Å². The summed E-state index contributed by atoms with van der Waals surface area (Å²) in [4.78, 5) is 13.3. The highest BCUT2D eigenvalue weighted by molar-refractivity contribution is 7.80. The second-order valence-corrected chi connectivity index (χ2v) is 2.79. The number of nitrogens with one attached hydrogen (secondary N) is 1. The predicted octanol–water partition coefficient (Wildman–Crippen LogP) is -0.927. The fourth-order valence-electron chi connectivity index (χ4n) is 0.968. The van der Waals surface area contributed by atoms with E-state index in [-0.39, 0.29) is 11.1 Å². The molecule has 1 aromatic rings. The minimum absolute atomic E-state index is 0.0892. The van der Waals surface area contributed by atoms with Crippen LogP contribution >= 0.6 is 12.6 Å². The van der Waals surface area contributed by atoms with E-state index >= 15 is 0 Å². The number of hydrazone groups is 1. The average Bonchev–Trinajstić information content (AvgIpc) is 2.46. The molecule has 0 spiro atoms. The van der Waals surface area contributed by atoms with Crippen LogP contribution in [0.15, 0.2) is 10.3 Å². The van der Waals surface area contributed by atoms with Crippen LogP contribution in [0, 0.1) is 10.1 Å². The third kappa shape index (κ3) is 1.20. The first-order chi connectivity index (χ1) is 6.59. The summed E-state index contributed by atoms with van der Waals surface area (Å²) >= 11 is 3.82. The molecule has 1 unspecified atom stereocenters. The van der Waals surface area contributed by atoms with Crippen LogP contribution in [-0.4, -0.2) is 30.6 Å². The Labute approximate surface area is 82.0 Å². The van der Waals surface area contributed by atoms with Gasteiger partial charge in [0.2, 0.25) is 5.16 Å². The minimum atomic E-state index is -1.55. The Morgan fingerprint density at radius 3 is 3.07 bits per heavy atom. The van der Waals surface area contributed by atoms with Crippen LogP contribution in [0.5, 0.6) is 0 Å². The van der Waals surface area contributed by atoms with Gasteiger partial charge in [0.25, 0.3) is 12.2 Å². The molecule has 9 nitrogen and oxygen atoms in total. The van der Waals surface area contributed by atoms with Crippen molar-refractivity contribution in [3.05, 3.63) is 10.1 Å². The number of rotatable bonds is 0. The number of aliphatic hydroxyl groups excluding tert-OH is 1. The van der Waals surface area contributed by atoms with E-state index < -0.39 is 17.0 Å². The summed E-state index contributed by atoms with van der Waals surface area (Å²) in [7, 11) is 0. The first-order valence-electron chi connectivity index (χ1n) is 3.41. The topological polar surface area (TPSA) is 118 Å². The Balaban J connectivity index is 2.42. The number of anilines is 1. The number of hydrogen-bond acceptors (Lipinski definition) is 8. The van der Waals surface area contributed by atoms with E-state index in [0.29, 0.717) is 0 Å². The molecule has 2 N–H and O–H groups in total. The monoisotopic (exact) mass is 216 g/mol. The minimum Gasteiger partial charge on any atom is -0.362 e. The number of thiol groups is 1. The molecule has 0 fully saturated rings. The number of hydrogen-bond donors (Lipinski definition) is 3. The molecule has 0 saturated heterocycles. The number of amidine groups is 1. The van der Waals surface area contributed by atoms with Crippen molar-refractivity contribution in [2.24, 2.45) is 5.10 Å². The lowest BCUT2D eigenvalue weighted by molar-refractivity contribution is -0.362. The van der Waals surface area contributed by atoms with Gasteiger partial charge in [-0.2, -0.15) is 9.67 Å². The third-order valence-corrected chi connectivity index (χ3v) is 1.73. The number of nitrogens with zero attached hydrogens (tertiary/aromatic N) is 5. The molecule has 0 aromatic carbocycles. The van der Waals surface area contributed by atoms with Crippen molar-refractivity contribution in [1.82, 2.24) is 14.8 Å². The van der Waals surface area contributed by atoms with Crippen LogP contribution in [0.3, 0.4) is 0 Å². The fraction of sp³-hybridized carbons (Fsp3) is 0.250. The van der Waals surface area contributed by atoms with Gasteiger partial charge in [0.05, 0.1) is 5.10 Å². The van der Waals surface area contributed by atoms with E-state index in [2.05, 4.69) is 33.2 Å². The Morgan fingerprint density at radius 1 is 1.71 bits per heavy atom. The van der Waals surface area contributed by atoms with Gasteiger partial charge in [-0.1, -0.05) is 0 Å². The largest absolute Gasteiger partial charge is 0.415 e. The van der Waals surface area contributed by atoms with Gasteiger partial charge in [-0.3, -0.25) is 0 Å². The molecule has 0 saturated carbocycles. The van der Waals surface area contributed by atoms with Crippen molar-refractivity contribution in [2.75, 3.05) is 5.43 Å². The SMILES string of the molecule is O=[N+]([O-])C1=NNc2nc(S)nn2C1O. The molecule has 74 valence electrons. The average molecular weight is 216 g/mol. The first-order valence-corrected chi connectivity index (χ1v) is 3.86. The molecule has 0 radical (unpaired) electrons. The van der Waals surface area contributed by atoms with Gasteiger partial charge in [0.15, 0.2) is 0 Å². The highest BCUT2D eigenvalue weighted by Crippen LogP contribution is 2.18. The summed E-state index contributed by atoms with van der Waals surface area (Å²) in [5.74, 6) is -0.538. The normalized spacial score (nSPS) is 19.6. The standard InChI is InChI=1S/C4H4N6O3S/c11-2-1(10(12)13)6-7-3-5-4(14)8-9(2)3/h2,11H,(H2,5,7,8,14). The first kappa shape index (κ1) is 8.90. The smallest absolute Gasteiger partial charge is 0.362 e. The summed E-state index contributed by atoms with van der Waals surface area (Å²) in [5, 5.41) is 26.8. The number of fused-ring (bicyclic) bond motifs is 1. The Bertz CT molecular complexity index is 427. The third-order valence-electron chi connectivity index (χ3n) is 1.54. The van der Waals surface area contributed by atoms with E-state index in [1.54, 1.807) is 0 Å². The van der Waals surface area contributed by atoms with Gasteiger partial charge in [0.1, 0.15) is 0 Å². The highest BCUT2D eigenvalue weighted by Gasteiger charge is 2.34. The fourth-order valence-corrected chi connectivity index (χ4v) is 1.16. The van der Waals surface area contributed by atoms with Crippen LogP contribution in [-0.2, 0) is 0 Å². The molecular weight excluding hydrogens is 212 g/mol. The molecule has 1 atom stereocenters. The van der Waals surface area contributed by atoms with E-state index in [0.717, 1.165) is 4.68 Å². The molecule has 0 bridgehead atoms.